The molecule has 39 heavy (non-hydrogen) atoms. The molecule has 1 aliphatic carbocycles. The maximum atomic E-state index is 13.1. The van der Waals surface area contributed by atoms with Crippen LogP contribution in [0.4, 0.5) is 16.2 Å². The number of rotatable bonds is 5. The molecule has 0 spiro atoms. The number of benzene rings is 2. The van der Waals surface area contributed by atoms with Gasteiger partial charge in [0.05, 0.1) is 24.6 Å². The zero-order valence-corrected chi connectivity index (χ0v) is 22.3. The Morgan fingerprint density at radius 3 is 2.13 bits per heavy atom. The van der Waals surface area contributed by atoms with Crippen LogP contribution in [0, 0.1) is 0 Å². The number of piperazine rings is 1. The van der Waals surface area contributed by atoms with Crippen molar-refractivity contribution in [2.75, 3.05) is 62.7 Å². The number of amides is 4. The van der Waals surface area contributed by atoms with Gasteiger partial charge in [-0.05, 0) is 56.0 Å². The van der Waals surface area contributed by atoms with Gasteiger partial charge in [0.2, 0.25) is 0 Å². The number of hydrogen-bond donors (Lipinski definition) is 3. The summed E-state index contributed by atoms with van der Waals surface area (Å²) in [5, 5.41) is 6.17. The number of nitrogens with two attached hydrogens (primary N) is 1. The van der Waals surface area contributed by atoms with Crippen molar-refractivity contribution in [1.29, 1.82) is 0 Å². The minimum atomic E-state index is -0.239. The molecule has 2 saturated heterocycles. The number of carbonyl (C=O) groups excluding carboxylic acids is 3. The highest BCUT2D eigenvalue weighted by Crippen LogP contribution is 2.30. The van der Waals surface area contributed by atoms with Crippen molar-refractivity contribution in [3.05, 3.63) is 59.7 Å². The number of carbonyl (C=O) groups is 3. The third-order valence-electron chi connectivity index (χ3n) is 7.82. The molecule has 3 fully saturated rings. The predicted molar refractivity (Wildman–Crippen MR) is 150 cm³/mol. The molecule has 2 aliphatic heterocycles. The molecule has 4 amide bonds. The minimum absolute atomic E-state index is 0.0474. The van der Waals surface area contributed by atoms with Gasteiger partial charge in [-0.15, -0.1) is 0 Å². The molecule has 2 aromatic carbocycles. The first-order valence-electron chi connectivity index (χ1n) is 13.9. The summed E-state index contributed by atoms with van der Waals surface area (Å²) >= 11 is 0. The van der Waals surface area contributed by atoms with Crippen LogP contribution >= 0.6 is 0 Å². The average Bonchev–Trinajstić information content (AvgIpc) is 2.99. The van der Waals surface area contributed by atoms with E-state index in [0.717, 1.165) is 31.4 Å². The van der Waals surface area contributed by atoms with Crippen LogP contribution in [0.15, 0.2) is 48.5 Å². The van der Waals surface area contributed by atoms with Gasteiger partial charge in [-0.2, -0.15) is 0 Å². The number of anilines is 2. The number of nitrogens with zero attached hydrogens (tertiary/aromatic N) is 3. The van der Waals surface area contributed by atoms with Gasteiger partial charge < -0.3 is 35.8 Å². The lowest BCUT2D eigenvalue weighted by atomic mass is 9.91. The second kappa shape index (κ2) is 12.5. The Morgan fingerprint density at radius 2 is 1.44 bits per heavy atom. The zero-order valence-electron chi connectivity index (χ0n) is 22.3. The van der Waals surface area contributed by atoms with E-state index in [4.69, 9.17) is 10.5 Å². The van der Waals surface area contributed by atoms with E-state index in [0.29, 0.717) is 69.3 Å². The summed E-state index contributed by atoms with van der Waals surface area (Å²) < 4.78 is 5.37. The fourth-order valence-corrected chi connectivity index (χ4v) is 5.46. The van der Waals surface area contributed by atoms with Gasteiger partial charge in [-0.3, -0.25) is 9.59 Å². The van der Waals surface area contributed by atoms with Gasteiger partial charge in [-0.1, -0.05) is 18.2 Å². The Labute approximate surface area is 229 Å². The van der Waals surface area contributed by atoms with Crippen LogP contribution in [0.25, 0.3) is 0 Å². The lowest BCUT2D eigenvalue weighted by Crippen LogP contribution is -2.54. The fourth-order valence-electron chi connectivity index (χ4n) is 5.46. The SMILES string of the molecule is NC1CCC(NC(=O)c2ccc(N3CCN(C(=O)N4CCOCC4)CC3)c(NC(=O)c3ccccc3)c2)CC1. The minimum Gasteiger partial charge on any atom is -0.378 e. The van der Waals surface area contributed by atoms with E-state index >= 15 is 0 Å². The summed E-state index contributed by atoms with van der Waals surface area (Å²) in [6.45, 7) is 4.78. The molecule has 2 heterocycles. The molecule has 208 valence electrons. The molecule has 1 saturated carbocycles. The number of urea groups is 1. The smallest absolute Gasteiger partial charge is 0.320 e. The van der Waals surface area contributed by atoms with Crippen LogP contribution in [-0.4, -0.2) is 92.2 Å². The van der Waals surface area contributed by atoms with Gasteiger partial charge in [-0.25, -0.2) is 4.79 Å². The summed E-state index contributed by atoms with van der Waals surface area (Å²) in [6, 6.07) is 14.8. The average molecular weight is 535 g/mol. The first kappa shape index (κ1) is 27.0. The van der Waals surface area contributed by atoms with Gasteiger partial charge in [0, 0.05) is 62.5 Å². The summed E-state index contributed by atoms with van der Waals surface area (Å²) in [4.78, 5) is 45.0. The molecule has 2 aromatic rings. The first-order chi connectivity index (χ1) is 19.0. The maximum absolute atomic E-state index is 13.1. The van der Waals surface area contributed by atoms with Crippen LogP contribution in [0.2, 0.25) is 0 Å². The molecule has 0 aromatic heterocycles. The molecule has 4 N–H and O–H groups in total. The van der Waals surface area contributed by atoms with E-state index in [1.165, 1.54) is 0 Å². The van der Waals surface area contributed by atoms with Crippen molar-refractivity contribution >= 4 is 29.2 Å². The van der Waals surface area contributed by atoms with Crippen molar-refractivity contribution in [3.63, 3.8) is 0 Å². The van der Waals surface area contributed by atoms with E-state index in [1.54, 1.807) is 18.2 Å². The van der Waals surface area contributed by atoms with Crippen molar-refractivity contribution in [3.8, 4) is 0 Å². The van der Waals surface area contributed by atoms with Gasteiger partial charge in [0.25, 0.3) is 11.8 Å². The summed E-state index contributed by atoms with van der Waals surface area (Å²) in [5.74, 6) is -0.394. The van der Waals surface area contributed by atoms with Crippen LogP contribution < -0.4 is 21.3 Å². The van der Waals surface area contributed by atoms with Gasteiger partial charge >= 0.3 is 6.03 Å². The quantitative estimate of drug-likeness (QED) is 0.542. The monoisotopic (exact) mass is 534 g/mol. The van der Waals surface area contributed by atoms with Crippen LogP contribution in [0.1, 0.15) is 46.4 Å². The first-order valence-corrected chi connectivity index (χ1v) is 13.9. The molecule has 0 radical (unpaired) electrons. The lowest BCUT2D eigenvalue weighted by molar-refractivity contribution is 0.0428. The molecule has 10 nitrogen and oxygen atoms in total. The molecule has 5 rings (SSSR count). The maximum Gasteiger partial charge on any atom is 0.320 e. The van der Waals surface area contributed by atoms with E-state index in [9.17, 15) is 14.4 Å². The number of ether oxygens (including phenoxy) is 1. The summed E-state index contributed by atoms with van der Waals surface area (Å²) in [7, 11) is 0. The predicted octanol–water partition coefficient (Wildman–Crippen LogP) is 2.51. The summed E-state index contributed by atoms with van der Waals surface area (Å²) in [5.41, 5.74) is 8.47. The highest BCUT2D eigenvalue weighted by Gasteiger charge is 2.28. The number of hydrogen-bond acceptors (Lipinski definition) is 6. The number of nitrogens with one attached hydrogen (secondary N) is 2. The Hall–Kier alpha value is -3.63. The highest BCUT2D eigenvalue weighted by molar-refractivity contribution is 6.07. The van der Waals surface area contributed by atoms with Crippen molar-refractivity contribution in [2.24, 2.45) is 5.73 Å². The molecular formula is C29H38N6O4. The zero-order chi connectivity index (χ0) is 27.2. The Balaban J connectivity index is 1.31. The second-order valence-corrected chi connectivity index (χ2v) is 10.5. The van der Waals surface area contributed by atoms with Crippen molar-refractivity contribution in [2.45, 2.75) is 37.8 Å². The standard InChI is InChI=1S/C29H38N6O4/c30-23-7-9-24(10-8-23)31-28(37)22-6-11-26(25(20-22)32-27(36)21-4-2-1-3-5-21)33-12-14-34(15-13-33)29(38)35-16-18-39-19-17-35/h1-6,11,20,23-24H,7-10,12-19,30H2,(H,31,37)(H,32,36). The topological polar surface area (TPSA) is 120 Å². The highest BCUT2D eigenvalue weighted by atomic mass is 16.5. The molecule has 0 atom stereocenters. The Morgan fingerprint density at radius 1 is 0.769 bits per heavy atom. The normalized spacial score (nSPS) is 21.8. The largest absolute Gasteiger partial charge is 0.378 e. The molecular weight excluding hydrogens is 496 g/mol. The van der Waals surface area contributed by atoms with E-state index in [1.807, 2.05) is 40.1 Å². The molecule has 0 bridgehead atoms. The molecule has 10 heteroatoms. The molecule has 0 unspecified atom stereocenters. The van der Waals surface area contributed by atoms with E-state index in [-0.39, 0.29) is 29.9 Å². The van der Waals surface area contributed by atoms with E-state index < -0.39 is 0 Å². The fraction of sp³-hybridized carbons (Fsp3) is 0.483. The summed E-state index contributed by atoms with van der Waals surface area (Å²) in [6.07, 6.45) is 3.55. The Kier molecular flexibility index (Phi) is 8.63. The van der Waals surface area contributed by atoms with Crippen molar-refractivity contribution in [1.82, 2.24) is 15.1 Å². The third-order valence-corrected chi connectivity index (χ3v) is 7.82. The second-order valence-electron chi connectivity index (χ2n) is 10.5. The third kappa shape index (κ3) is 6.69. The van der Waals surface area contributed by atoms with Crippen LogP contribution in [-0.2, 0) is 4.74 Å². The van der Waals surface area contributed by atoms with Crippen LogP contribution in [0.5, 0.6) is 0 Å². The number of morpholine rings is 1. The van der Waals surface area contributed by atoms with E-state index in [2.05, 4.69) is 15.5 Å². The lowest BCUT2D eigenvalue weighted by Gasteiger charge is -2.39. The van der Waals surface area contributed by atoms with Crippen LogP contribution in [0.3, 0.4) is 0 Å². The van der Waals surface area contributed by atoms with Gasteiger partial charge in [0.15, 0.2) is 0 Å². The van der Waals surface area contributed by atoms with Crippen molar-refractivity contribution < 1.29 is 19.1 Å². The molecule has 3 aliphatic rings. The Bertz CT molecular complexity index is 1150. The van der Waals surface area contributed by atoms with Gasteiger partial charge in [0.1, 0.15) is 0 Å².